The highest BCUT2D eigenvalue weighted by molar-refractivity contribution is 6.06. The number of carboxylic acid groups (broad SMARTS) is 1. The molecule has 0 bridgehead atoms. The lowest BCUT2D eigenvalue weighted by Gasteiger charge is -2.15. The van der Waals surface area contributed by atoms with Gasteiger partial charge in [0.05, 0.1) is 18.5 Å². The Morgan fingerprint density at radius 3 is 2.36 bits per heavy atom. The molecule has 8 heteroatoms. The second kappa shape index (κ2) is 8.34. The first-order chi connectivity index (χ1) is 13.4. The molecule has 3 rings (SSSR count). The molecule has 0 saturated carbocycles. The number of carboxylic acids is 1. The van der Waals surface area contributed by atoms with Crippen LogP contribution < -0.4 is 5.32 Å². The summed E-state index contributed by atoms with van der Waals surface area (Å²) >= 11 is 0. The maximum atomic E-state index is 12.4. The third kappa shape index (κ3) is 4.53. The van der Waals surface area contributed by atoms with Gasteiger partial charge in [-0.1, -0.05) is 42.5 Å². The van der Waals surface area contributed by atoms with E-state index in [2.05, 4.69) is 5.32 Å². The van der Waals surface area contributed by atoms with Crippen molar-refractivity contribution in [2.45, 2.75) is 25.6 Å². The van der Waals surface area contributed by atoms with Crippen molar-refractivity contribution in [3.8, 4) is 0 Å². The van der Waals surface area contributed by atoms with E-state index in [9.17, 15) is 19.2 Å². The van der Waals surface area contributed by atoms with E-state index in [1.807, 2.05) is 18.2 Å². The summed E-state index contributed by atoms with van der Waals surface area (Å²) in [5, 5.41) is 11.3. The number of likely N-dealkylation sites (tertiary alicyclic amines) is 1. The van der Waals surface area contributed by atoms with E-state index in [0.717, 1.165) is 10.5 Å². The predicted molar refractivity (Wildman–Crippen MR) is 97.1 cm³/mol. The Bertz CT molecular complexity index is 895. The van der Waals surface area contributed by atoms with Gasteiger partial charge in [-0.2, -0.15) is 0 Å². The Labute approximate surface area is 160 Å². The third-order valence-corrected chi connectivity index (χ3v) is 4.29. The molecule has 1 fully saturated rings. The van der Waals surface area contributed by atoms with E-state index in [0.29, 0.717) is 5.56 Å². The number of carbonyl (C=O) groups is 4. The van der Waals surface area contributed by atoms with Crippen LogP contribution in [0.2, 0.25) is 0 Å². The number of nitrogens with zero attached hydrogens (tertiary/aromatic N) is 1. The summed E-state index contributed by atoms with van der Waals surface area (Å²) < 4.78 is 5.07. The first-order valence-corrected chi connectivity index (χ1v) is 8.57. The van der Waals surface area contributed by atoms with Crippen LogP contribution in [0.3, 0.4) is 0 Å². The van der Waals surface area contributed by atoms with Gasteiger partial charge in [-0.05, 0) is 23.3 Å². The van der Waals surface area contributed by atoms with Crippen LogP contribution in [0, 0.1) is 0 Å². The largest absolute Gasteiger partial charge is 0.478 e. The Morgan fingerprint density at radius 1 is 1.04 bits per heavy atom. The van der Waals surface area contributed by atoms with Crippen LogP contribution in [0.15, 0.2) is 54.6 Å². The van der Waals surface area contributed by atoms with Crippen molar-refractivity contribution in [1.82, 2.24) is 10.2 Å². The quantitative estimate of drug-likeness (QED) is 0.738. The summed E-state index contributed by atoms with van der Waals surface area (Å²) in [4.78, 5) is 48.4. The lowest BCUT2D eigenvalue weighted by atomic mass is 10.1. The highest BCUT2D eigenvalue weighted by atomic mass is 16.5. The SMILES string of the molecule is O=C(N[C@H]1CC(=O)N(Cc2ccc(C(=O)O)cc2)C1=O)OCc1ccccc1. The zero-order chi connectivity index (χ0) is 20.1. The van der Waals surface area contributed by atoms with E-state index in [4.69, 9.17) is 9.84 Å². The molecule has 0 spiro atoms. The number of nitrogens with one attached hydrogen (secondary N) is 1. The molecule has 2 aromatic carbocycles. The van der Waals surface area contributed by atoms with Crippen molar-refractivity contribution in [1.29, 1.82) is 0 Å². The van der Waals surface area contributed by atoms with Crippen LogP contribution in [0.1, 0.15) is 27.9 Å². The van der Waals surface area contributed by atoms with Gasteiger partial charge in [-0.25, -0.2) is 9.59 Å². The standard InChI is InChI=1S/C20H18N2O6/c23-17-10-16(21-20(27)28-12-14-4-2-1-3-5-14)18(24)22(17)11-13-6-8-15(9-7-13)19(25)26/h1-9,16H,10-12H2,(H,21,27)(H,25,26)/t16-/m0/s1. The fourth-order valence-corrected chi connectivity index (χ4v) is 2.80. The highest BCUT2D eigenvalue weighted by Crippen LogP contribution is 2.17. The van der Waals surface area contributed by atoms with Crippen LogP contribution >= 0.6 is 0 Å². The Kier molecular flexibility index (Phi) is 5.69. The number of benzene rings is 2. The van der Waals surface area contributed by atoms with Crippen LogP contribution in [0.25, 0.3) is 0 Å². The molecule has 28 heavy (non-hydrogen) atoms. The first-order valence-electron chi connectivity index (χ1n) is 8.57. The molecular weight excluding hydrogens is 364 g/mol. The monoisotopic (exact) mass is 382 g/mol. The van der Waals surface area contributed by atoms with E-state index in [-0.39, 0.29) is 25.1 Å². The van der Waals surface area contributed by atoms with Crippen molar-refractivity contribution in [3.63, 3.8) is 0 Å². The lowest BCUT2D eigenvalue weighted by molar-refractivity contribution is -0.139. The second-order valence-electron chi connectivity index (χ2n) is 6.28. The Morgan fingerprint density at radius 2 is 1.71 bits per heavy atom. The molecule has 1 aliphatic heterocycles. The number of carbonyl (C=O) groups excluding carboxylic acids is 3. The molecule has 2 N–H and O–H groups in total. The van der Waals surface area contributed by atoms with Crippen molar-refractivity contribution >= 4 is 23.9 Å². The number of alkyl carbamates (subject to hydrolysis) is 1. The van der Waals surface area contributed by atoms with Gasteiger partial charge in [-0.3, -0.25) is 14.5 Å². The maximum absolute atomic E-state index is 12.4. The van der Waals surface area contributed by atoms with Gasteiger partial charge < -0.3 is 15.2 Å². The molecule has 0 unspecified atom stereocenters. The summed E-state index contributed by atoms with van der Waals surface area (Å²) in [7, 11) is 0. The minimum atomic E-state index is -1.06. The number of aromatic carboxylic acids is 1. The first kappa shape index (κ1) is 19.1. The number of ether oxygens (including phenoxy) is 1. The topological polar surface area (TPSA) is 113 Å². The minimum absolute atomic E-state index is 0.00874. The summed E-state index contributed by atoms with van der Waals surface area (Å²) in [6.07, 6.45) is -0.922. The fourth-order valence-electron chi connectivity index (χ4n) is 2.80. The van der Waals surface area contributed by atoms with Gasteiger partial charge in [-0.15, -0.1) is 0 Å². The van der Waals surface area contributed by atoms with Crippen LogP contribution in [-0.2, 0) is 27.5 Å². The molecular formula is C20H18N2O6. The Hall–Kier alpha value is -3.68. The van der Waals surface area contributed by atoms with Gasteiger partial charge in [0.25, 0.3) is 5.91 Å². The molecule has 1 atom stereocenters. The average molecular weight is 382 g/mol. The van der Waals surface area contributed by atoms with E-state index < -0.39 is 29.9 Å². The normalized spacial score (nSPS) is 16.1. The second-order valence-corrected chi connectivity index (χ2v) is 6.28. The highest BCUT2D eigenvalue weighted by Gasteiger charge is 2.39. The number of imide groups is 1. The van der Waals surface area contributed by atoms with Crippen molar-refractivity contribution < 1.29 is 29.0 Å². The average Bonchev–Trinajstić information content (AvgIpc) is 2.95. The molecule has 1 saturated heterocycles. The summed E-state index contributed by atoms with van der Waals surface area (Å²) in [6.45, 7) is 0.0655. The minimum Gasteiger partial charge on any atom is -0.478 e. The van der Waals surface area contributed by atoms with Crippen LogP contribution in [0.4, 0.5) is 4.79 Å². The van der Waals surface area contributed by atoms with E-state index in [1.165, 1.54) is 12.1 Å². The molecule has 3 amide bonds. The summed E-state index contributed by atoms with van der Waals surface area (Å²) in [5.74, 6) is -2.00. The number of hydrogen-bond donors (Lipinski definition) is 2. The molecule has 0 aromatic heterocycles. The predicted octanol–water partition coefficient (Wildman–Crippen LogP) is 1.94. The zero-order valence-electron chi connectivity index (χ0n) is 14.8. The molecule has 2 aromatic rings. The zero-order valence-corrected chi connectivity index (χ0v) is 14.8. The summed E-state index contributed by atoms with van der Waals surface area (Å²) in [6, 6.07) is 14.0. The van der Waals surface area contributed by atoms with Gasteiger partial charge >= 0.3 is 12.1 Å². The molecule has 1 aliphatic rings. The van der Waals surface area contributed by atoms with Crippen molar-refractivity contribution in [2.75, 3.05) is 0 Å². The third-order valence-electron chi connectivity index (χ3n) is 4.29. The van der Waals surface area contributed by atoms with Crippen molar-refractivity contribution in [3.05, 3.63) is 71.3 Å². The van der Waals surface area contributed by atoms with Gasteiger partial charge in [0.2, 0.25) is 5.91 Å². The Balaban J connectivity index is 1.55. The smallest absolute Gasteiger partial charge is 0.408 e. The number of hydrogen-bond acceptors (Lipinski definition) is 5. The van der Waals surface area contributed by atoms with Crippen LogP contribution in [-0.4, -0.2) is 39.9 Å². The maximum Gasteiger partial charge on any atom is 0.408 e. The molecule has 0 radical (unpaired) electrons. The molecule has 144 valence electrons. The van der Waals surface area contributed by atoms with E-state index >= 15 is 0 Å². The number of amides is 3. The van der Waals surface area contributed by atoms with Gasteiger partial charge in [0, 0.05) is 0 Å². The summed E-state index contributed by atoms with van der Waals surface area (Å²) in [5.41, 5.74) is 1.53. The lowest BCUT2D eigenvalue weighted by Crippen LogP contribution is -2.41. The number of rotatable bonds is 6. The molecule has 0 aliphatic carbocycles. The van der Waals surface area contributed by atoms with Crippen molar-refractivity contribution in [2.24, 2.45) is 0 Å². The fraction of sp³-hybridized carbons (Fsp3) is 0.200. The van der Waals surface area contributed by atoms with Gasteiger partial charge in [0.1, 0.15) is 12.6 Å². The molecule has 8 nitrogen and oxygen atoms in total. The van der Waals surface area contributed by atoms with E-state index in [1.54, 1.807) is 24.3 Å². The van der Waals surface area contributed by atoms with Gasteiger partial charge in [0.15, 0.2) is 0 Å². The molecule has 1 heterocycles. The van der Waals surface area contributed by atoms with Crippen LogP contribution in [0.5, 0.6) is 0 Å².